The van der Waals surface area contributed by atoms with Gasteiger partial charge in [-0.15, -0.1) is 10.2 Å². The molecule has 11 heteroatoms. The van der Waals surface area contributed by atoms with Gasteiger partial charge < -0.3 is 5.32 Å². The maximum atomic E-state index is 13.6. The number of rotatable bonds is 8. The van der Waals surface area contributed by atoms with Crippen LogP contribution in [0.2, 0.25) is 0 Å². The maximum Gasteiger partial charge on any atom is 0.271 e. The molecule has 128 valence electrons. The first-order valence-corrected chi connectivity index (χ1v) is 9.61. The number of nitrogens with zero attached hydrogens (tertiary/aromatic N) is 3. The van der Waals surface area contributed by atoms with E-state index in [2.05, 4.69) is 22.4 Å². The van der Waals surface area contributed by atoms with Gasteiger partial charge in [-0.3, -0.25) is 14.9 Å². The average molecular weight is 388 g/mol. The Morgan fingerprint density at radius 2 is 2.08 bits per heavy atom. The van der Waals surface area contributed by atoms with E-state index in [0.717, 1.165) is 34.7 Å². The van der Waals surface area contributed by atoms with E-state index in [0.29, 0.717) is 4.34 Å². The first-order valence-electron chi connectivity index (χ1n) is 6.82. The number of nitro groups is 1. The van der Waals surface area contributed by atoms with Crippen LogP contribution in [-0.2, 0) is 4.79 Å². The number of nitrogens with one attached hydrogen (secondary N) is 1. The van der Waals surface area contributed by atoms with Crippen molar-refractivity contribution < 1.29 is 14.1 Å². The third-order valence-electron chi connectivity index (χ3n) is 2.58. The molecule has 0 aliphatic rings. The lowest BCUT2D eigenvalue weighted by atomic mass is 10.2. The van der Waals surface area contributed by atoms with E-state index < -0.39 is 16.6 Å². The van der Waals surface area contributed by atoms with Gasteiger partial charge in [0.2, 0.25) is 5.91 Å². The zero-order valence-electron chi connectivity index (χ0n) is 12.5. The molecule has 0 atom stereocenters. The Kier molecular flexibility index (Phi) is 6.94. The minimum absolute atomic E-state index is 0.00914. The lowest BCUT2D eigenvalue weighted by Crippen LogP contribution is -2.15. The van der Waals surface area contributed by atoms with E-state index in [1.807, 2.05) is 0 Å². The van der Waals surface area contributed by atoms with Crippen LogP contribution in [0.1, 0.15) is 13.3 Å². The summed E-state index contributed by atoms with van der Waals surface area (Å²) in [5, 5.41) is 21.0. The fourth-order valence-electron chi connectivity index (χ4n) is 1.54. The van der Waals surface area contributed by atoms with Gasteiger partial charge in [0, 0.05) is 17.9 Å². The van der Waals surface area contributed by atoms with Gasteiger partial charge in [-0.05, 0) is 12.5 Å². The van der Waals surface area contributed by atoms with Gasteiger partial charge >= 0.3 is 0 Å². The molecule has 2 aromatic rings. The number of aromatic nitrogens is 2. The molecule has 1 aromatic heterocycles. The number of anilines is 1. The monoisotopic (exact) mass is 388 g/mol. The minimum Gasteiger partial charge on any atom is -0.323 e. The number of carbonyl (C=O) groups is 1. The van der Waals surface area contributed by atoms with Crippen molar-refractivity contribution in [3.8, 4) is 0 Å². The van der Waals surface area contributed by atoms with E-state index in [1.54, 1.807) is 11.8 Å². The molecule has 1 amide bonds. The number of halogens is 1. The Bertz CT molecular complexity index is 741. The summed E-state index contributed by atoms with van der Waals surface area (Å²) in [5.74, 6) is -0.244. The topological polar surface area (TPSA) is 98.0 Å². The third kappa shape index (κ3) is 5.42. The largest absolute Gasteiger partial charge is 0.323 e. The van der Waals surface area contributed by atoms with E-state index in [4.69, 9.17) is 0 Å². The smallest absolute Gasteiger partial charge is 0.271 e. The van der Waals surface area contributed by atoms with Crippen LogP contribution in [0.3, 0.4) is 0 Å². The van der Waals surface area contributed by atoms with Gasteiger partial charge in [-0.1, -0.05) is 41.8 Å². The van der Waals surface area contributed by atoms with E-state index in [1.165, 1.54) is 23.1 Å². The molecule has 0 bridgehead atoms. The van der Waals surface area contributed by atoms with Crippen LogP contribution in [0.5, 0.6) is 0 Å². The molecule has 0 saturated heterocycles. The summed E-state index contributed by atoms with van der Waals surface area (Å²) >= 11 is 4.17. The molecule has 0 unspecified atom stereocenters. The summed E-state index contributed by atoms with van der Waals surface area (Å²) in [5.41, 5.74) is -0.507. The Morgan fingerprint density at radius 1 is 1.38 bits per heavy atom. The number of non-ortho nitro benzene ring substituents is 1. The van der Waals surface area contributed by atoms with E-state index >= 15 is 0 Å². The zero-order chi connectivity index (χ0) is 17.5. The number of nitro benzene ring substituents is 1. The zero-order valence-corrected chi connectivity index (χ0v) is 15.0. The minimum atomic E-state index is -0.729. The molecule has 7 nitrogen and oxygen atoms in total. The predicted molar refractivity (Wildman–Crippen MR) is 93.3 cm³/mol. The Hall–Kier alpha value is -1.72. The van der Waals surface area contributed by atoms with E-state index in [9.17, 15) is 19.3 Å². The summed E-state index contributed by atoms with van der Waals surface area (Å²) in [6.07, 6.45) is 1.03. The molecule has 1 heterocycles. The highest BCUT2D eigenvalue weighted by Crippen LogP contribution is 2.29. The van der Waals surface area contributed by atoms with Gasteiger partial charge in [0.25, 0.3) is 5.69 Å². The first kappa shape index (κ1) is 18.6. The van der Waals surface area contributed by atoms with Crippen LogP contribution in [0, 0.1) is 15.9 Å². The molecule has 0 radical (unpaired) electrons. The number of benzene rings is 1. The second kappa shape index (κ2) is 8.94. The van der Waals surface area contributed by atoms with Crippen molar-refractivity contribution in [3.63, 3.8) is 0 Å². The van der Waals surface area contributed by atoms with Gasteiger partial charge in [0.1, 0.15) is 5.82 Å². The van der Waals surface area contributed by atoms with Crippen molar-refractivity contribution in [2.24, 2.45) is 0 Å². The lowest BCUT2D eigenvalue weighted by molar-refractivity contribution is -0.384. The van der Waals surface area contributed by atoms with Crippen LogP contribution >= 0.6 is 34.9 Å². The predicted octanol–water partition coefficient (Wildman–Crippen LogP) is 3.82. The maximum absolute atomic E-state index is 13.6. The molecule has 1 aromatic carbocycles. The summed E-state index contributed by atoms with van der Waals surface area (Å²) in [4.78, 5) is 21.9. The molecule has 24 heavy (non-hydrogen) atoms. The van der Waals surface area contributed by atoms with Crippen molar-refractivity contribution in [2.75, 3.05) is 16.8 Å². The molecule has 1 N–H and O–H groups in total. The number of hydrogen-bond donors (Lipinski definition) is 1. The fourth-order valence-corrected chi connectivity index (χ4v) is 4.28. The summed E-state index contributed by atoms with van der Waals surface area (Å²) in [6, 6.07) is 2.97. The second-order valence-corrected chi connectivity index (χ2v) is 7.98. The highest BCUT2D eigenvalue weighted by molar-refractivity contribution is 8.03. The fraction of sp³-hybridized carbons (Fsp3) is 0.308. The Morgan fingerprint density at radius 3 is 2.75 bits per heavy atom. The number of hydrogen-bond acceptors (Lipinski definition) is 8. The highest BCUT2D eigenvalue weighted by Gasteiger charge is 2.14. The molecule has 0 saturated carbocycles. The van der Waals surface area contributed by atoms with Crippen molar-refractivity contribution in [3.05, 3.63) is 34.1 Å². The van der Waals surface area contributed by atoms with Crippen LogP contribution in [0.4, 0.5) is 15.8 Å². The van der Waals surface area contributed by atoms with Gasteiger partial charge in [0.05, 0.1) is 16.4 Å². The SMILES string of the molecule is CCCSc1nnc(SCC(=O)Nc2cc([N+](=O)[O-])ccc2F)s1. The molecule has 0 spiro atoms. The standard InChI is InChI=1S/C13H13FN4O3S3/c1-2-5-22-12-16-17-13(24-12)23-7-11(19)15-10-6-8(18(20)21)3-4-9(10)14/h3-4,6H,2,5,7H2,1H3,(H,15,19). The van der Waals surface area contributed by atoms with Gasteiger partial charge in [0.15, 0.2) is 8.68 Å². The average Bonchev–Trinajstić information content (AvgIpc) is 3.00. The Labute approximate surface area is 149 Å². The number of thioether (sulfide) groups is 2. The molecular formula is C13H13FN4O3S3. The van der Waals surface area contributed by atoms with Crippen molar-refractivity contribution in [1.82, 2.24) is 10.2 Å². The van der Waals surface area contributed by atoms with Crippen molar-refractivity contribution in [2.45, 2.75) is 22.0 Å². The highest BCUT2D eigenvalue weighted by atomic mass is 32.2. The molecule has 0 aliphatic carbocycles. The van der Waals surface area contributed by atoms with Crippen molar-refractivity contribution >= 4 is 52.1 Å². The number of carbonyl (C=O) groups excluding carboxylic acids is 1. The summed E-state index contributed by atoms with van der Waals surface area (Å²) < 4.78 is 15.1. The van der Waals surface area contributed by atoms with Gasteiger partial charge in [-0.25, -0.2) is 4.39 Å². The van der Waals surface area contributed by atoms with Crippen LogP contribution in [-0.4, -0.2) is 32.5 Å². The van der Waals surface area contributed by atoms with E-state index in [-0.39, 0.29) is 17.1 Å². The van der Waals surface area contributed by atoms with Crippen LogP contribution < -0.4 is 5.32 Å². The summed E-state index contributed by atoms with van der Waals surface area (Å²) in [7, 11) is 0. The van der Waals surface area contributed by atoms with Crippen molar-refractivity contribution in [1.29, 1.82) is 0 Å². The molecular weight excluding hydrogens is 375 g/mol. The second-order valence-electron chi connectivity index (χ2n) is 4.44. The normalized spacial score (nSPS) is 10.6. The summed E-state index contributed by atoms with van der Waals surface area (Å²) in [6.45, 7) is 2.07. The van der Waals surface area contributed by atoms with Crippen LogP contribution in [0.15, 0.2) is 26.9 Å². The molecule has 0 fully saturated rings. The number of amides is 1. The first-order chi connectivity index (χ1) is 11.5. The quantitative estimate of drug-likeness (QED) is 0.417. The third-order valence-corrected chi connectivity index (χ3v) is 5.97. The Balaban J connectivity index is 1.90. The van der Waals surface area contributed by atoms with Crippen LogP contribution in [0.25, 0.3) is 0 Å². The lowest BCUT2D eigenvalue weighted by Gasteiger charge is -2.05. The van der Waals surface area contributed by atoms with Gasteiger partial charge in [-0.2, -0.15) is 0 Å². The molecule has 0 aliphatic heterocycles. The molecule has 2 rings (SSSR count).